The first kappa shape index (κ1) is 8.05. The molecule has 0 spiro atoms. The van der Waals surface area contributed by atoms with Crippen LogP contribution in [0, 0.1) is 5.41 Å². The summed E-state index contributed by atoms with van der Waals surface area (Å²) in [6.45, 7) is 1.81. The van der Waals surface area contributed by atoms with Crippen molar-refractivity contribution < 1.29 is 0 Å². The topological polar surface area (TPSA) is 28.8 Å². The van der Waals surface area contributed by atoms with E-state index in [0.29, 0.717) is 5.71 Å². The van der Waals surface area contributed by atoms with Crippen molar-refractivity contribution in [1.82, 2.24) is 4.57 Å². The molecule has 0 bridgehead atoms. The molecule has 13 heavy (non-hydrogen) atoms. The average molecular weight is 172 g/mol. The van der Waals surface area contributed by atoms with Crippen LogP contribution in [-0.2, 0) is 7.05 Å². The number of para-hydroxylation sites is 1. The van der Waals surface area contributed by atoms with Gasteiger partial charge < -0.3 is 9.98 Å². The third-order valence-corrected chi connectivity index (χ3v) is 2.34. The molecule has 0 atom stereocenters. The van der Waals surface area contributed by atoms with E-state index in [4.69, 9.17) is 5.41 Å². The fourth-order valence-corrected chi connectivity index (χ4v) is 1.65. The van der Waals surface area contributed by atoms with Gasteiger partial charge in [0.2, 0.25) is 0 Å². The highest BCUT2D eigenvalue weighted by Crippen LogP contribution is 2.18. The van der Waals surface area contributed by atoms with Gasteiger partial charge in [0.1, 0.15) is 0 Å². The van der Waals surface area contributed by atoms with Crippen molar-refractivity contribution in [3.63, 3.8) is 0 Å². The van der Waals surface area contributed by atoms with Gasteiger partial charge in [0, 0.05) is 18.0 Å². The van der Waals surface area contributed by atoms with Crippen LogP contribution in [0.3, 0.4) is 0 Å². The number of aryl methyl sites for hydroxylation is 1. The number of hydrogen-bond donors (Lipinski definition) is 1. The van der Waals surface area contributed by atoms with Gasteiger partial charge >= 0.3 is 0 Å². The zero-order valence-electron chi connectivity index (χ0n) is 7.83. The van der Waals surface area contributed by atoms with E-state index in [1.807, 2.05) is 26.1 Å². The first-order valence-electron chi connectivity index (χ1n) is 4.30. The van der Waals surface area contributed by atoms with E-state index in [1.165, 1.54) is 10.9 Å². The smallest absolute Gasteiger partial charge is 0.0623 e. The normalized spacial score (nSPS) is 10.6. The second-order valence-corrected chi connectivity index (χ2v) is 3.27. The molecule has 0 unspecified atom stereocenters. The van der Waals surface area contributed by atoms with Crippen molar-refractivity contribution in [2.24, 2.45) is 7.05 Å². The van der Waals surface area contributed by atoms with Crippen molar-refractivity contribution in [1.29, 1.82) is 5.41 Å². The van der Waals surface area contributed by atoms with Crippen molar-refractivity contribution in [3.05, 3.63) is 36.0 Å². The summed E-state index contributed by atoms with van der Waals surface area (Å²) in [6, 6.07) is 10.2. The van der Waals surface area contributed by atoms with Crippen LogP contribution in [0.1, 0.15) is 12.6 Å². The van der Waals surface area contributed by atoms with Gasteiger partial charge in [-0.25, -0.2) is 0 Å². The molecule has 1 aromatic heterocycles. The molecule has 2 heteroatoms. The number of hydrogen-bond acceptors (Lipinski definition) is 1. The molecule has 0 saturated heterocycles. The third-order valence-electron chi connectivity index (χ3n) is 2.34. The monoisotopic (exact) mass is 172 g/mol. The molecule has 0 saturated carbocycles. The number of benzene rings is 1. The predicted molar refractivity (Wildman–Crippen MR) is 55.4 cm³/mol. The minimum Gasteiger partial charge on any atom is -0.343 e. The predicted octanol–water partition coefficient (Wildman–Crippen LogP) is 2.57. The Morgan fingerprint density at radius 2 is 2.00 bits per heavy atom. The number of fused-ring (bicyclic) bond motifs is 1. The van der Waals surface area contributed by atoms with Crippen LogP contribution < -0.4 is 0 Å². The zero-order chi connectivity index (χ0) is 9.42. The summed E-state index contributed by atoms with van der Waals surface area (Å²) >= 11 is 0. The summed E-state index contributed by atoms with van der Waals surface area (Å²) in [4.78, 5) is 0. The summed E-state index contributed by atoms with van der Waals surface area (Å²) in [7, 11) is 2.00. The van der Waals surface area contributed by atoms with Gasteiger partial charge in [0.15, 0.2) is 0 Å². The van der Waals surface area contributed by atoms with Crippen LogP contribution in [0.25, 0.3) is 10.9 Å². The fraction of sp³-hybridized carbons (Fsp3) is 0.182. The summed E-state index contributed by atoms with van der Waals surface area (Å²) in [5.74, 6) is 0. The molecule has 0 aliphatic rings. The lowest BCUT2D eigenvalue weighted by Gasteiger charge is -2.00. The largest absolute Gasteiger partial charge is 0.343 e. The van der Waals surface area contributed by atoms with E-state index >= 15 is 0 Å². The maximum absolute atomic E-state index is 7.59. The first-order chi connectivity index (χ1) is 6.20. The van der Waals surface area contributed by atoms with Crippen LogP contribution in [-0.4, -0.2) is 10.3 Å². The highest BCUT2D eigenvalue weighted by atomic mass is 14.9. The molecule has 1 aromatic carbocycles. The van der Waals surface area contributed by atoms with Crippen molar-refractivity contribution in [2.45, 2.75) is 6.92 Å². The highest BCUT2D eigenvalue weighted by molar-refractivity contribution is 6.00. The second kappa shape index (κ2) is 2.73. The van der Waals surface area contributed by atoms with Crippen LogP contribution >= 0.6 is 0 Å². The molecule has 0 radical (unpaired) electrons. The molecule has 0 aliphatic carbocycles. The maximum atomic E-state index is 7.59. The SMILES string of the molecule is CC(=N)c1cc2ccccc2n1C. The average Bonchev–Trinajstić information content (AvgIpc) is 2.45. The van der Waals surface area contributed by atoms with Gasteiger partial charge in [-0.3, -0.25) is 0 Å². The van der Waals surface area contributed by atoms with E-state index in [1.54, 1.807) is 0 Å². The summed E-state index contributed by atoms with van der Waals surface area (Å²) < 4.78 is 2.05. The lowest BCUT2D eigenvalue weighted by molar-refractivity contribution is 0.951. The molecule has 0 aliphatic heterocycles. The lowest BCUT2D eigenvalue weighted by atomic mass is 10.2. The van der Waals surface area contributed by atoms with Gasteiger partial charge in [-0.05, 0) is 19.1 Å². The van der Waals surface area contributed by atoms with Crippen LogP contribution in [0.15, 0.2) is 30.3 Å². The molecule has 2 aromatic rings. The molecular formula is C11H12N2. The highest BCUT2D eigenvalue weighted by Gasteiger charge is 2.05. The molecular weight excluding hydrogens is 160 g/mol. The Balaban J connectivity index is 2.81. The fourth-order valence-electron chi connectivity index (χ4n) is 1.65. The lowest BCUT2D eigenvalue weighted by Crippen LogP contribution is -2.00. The maximum Gasteiger partial charge on any atom is 0.0623 e. The Morgan fingerprint density at radius 1 is 1.31 bits per heavy atom. The summed E-state index contributed by atoms with van der Waals surface area (Å²) in [6.07, 6.45) is 0. The van der Waals surface area contributed by atoms with E-state index in [-0.39, 0.29) is 0 Å². The Morgan fingerprint density at radius 3 is 2.62 bits per heavy atom. The Bertz CT molecular complexity index is 466. The number of rotatable bonds is 1. The molecule has 2 nitrogen and oxygen atoms in total. The van der Waals surface area contributed by atoms with Gasteiger partial charge in [0.05, 0.1) is 11.4 Å². The molecule has 0 fully saturated rings. The van der Waals surface area contributed by atoms with Gasteiger partial charge in [-0.15, -0.1) is 0 Å². The van der Waals surface area contributed by atoms with Crippen LogP contribution in [0.4, 0.5) is 0 Å². The standard InChI is InChI=1S/C11H12N2/c1-8(12)11-7-9-5-3-4-6-10(9)13(11)2/h3-7,12H,1-2H3. The minimum atomic E-state index is 0.610. The molecule has 66 valence electrons. The quantitative estimate of drug-likeness (QED) is 0.640. The van der Waals surface area contributed by atoms with Crippen LogP contribution in [0.5, 0.6) is 0 Å². The Labute approximate surface area is 77.3 Å². The molecule has 2 rings (SSSR count). The Hall–Kier alpha value is -1.57. The van der Waals surface area contributed by atoms with Gasteiger partial charge in [-0.2, -0.15) is 0 Å². The molecule has 1 heterocycles. The van der Waals surface area contributed by atoms with Crippen molar-refractivity contribution in [2.75, 3.05) is 0 Å². The minimum absolute atomic E-state index is 0.610. The van der Waals surface area contributed by atoms with Crippen LogP contribution in [0.2, 0.25) is 0 Å². The van der Waals surface area contributed by atoms with E-state index < -0.39 is 0 Å². The summed E-state index contributed by atoms with van der Waals surface area (Å²) in [5.41, 5.74) is 2.78. The molecule has 1 N–H and O–H groups in total. The van der Waals surface area contributed by atoms with E-state index in [9.17, 15) is 0 Å². The Kier molecular flexibility index (Phi) is 1.69. The molecule has 0 amide bonds. The van der Waals surface area contributed by atoms with Crippen molar-refractivity contribution in [3.8, 4) is 0 Å². The number of nitrogens with zero attached hydrogens (tertiary/aromatic N) is 1. The first-order valence-corrected chi connectivity index (χ1v) is 4.30. The van der Waals surface area contributed by atoms with Gasteiger partial charge in [0.25, 0.3) is 0 Å². The number of nitrogens with one attached hydrogen (secondary N) is 1. The summed E-state index contributed by atoms with van der Waals surface area (Å²) in [5, 5.41) is 8.79. The third kappa shape index (κ3) is 1.15. The second-order valence-electron chi connectivity index (χ2n) is 3.27. The number of aromatic nitrogens is 1. The van der Waals surface area contributed by atoms with Crippen molar-refractivity contribution >= 4 is 16.6 Å². The van der Waals surface area contributed by atoms with E-state index in [0.717, 1.165) is 5.69 Å². The zero-order valence-corrected chi connectivity index (χ0v) is 7.83. The van der Waals surface area contributed by atoms with E-state index in [2.05, 4.69) is 22.8 Å². The van der Waals surface area contributed by atoms with Gasteiger partial charge in [-0.1, -0.05) is 18.2 Å².